The van der Waals surface area contributed by atoms with Gasteiger partial charge in [0.15, 0.2) is 0 Å². The molecule has 0 aliphatic carbocycles. The summed E-state index contributed by atoms with van der Waals surface area (Å²) in [4.78, 5) is 0. The van der Waals surface area contributed by atoms with Gasteiger partial charge in [-0.05, 0) is 25.0 Å². The molecule has 0 radical (unpaired) electrons. The molecule has 0 aliphatic heterocycles. The van der Waals surface area contributed by atoms with Gasteiger partial charge in [-0.15, -0.1) is 0 Å². The van der Waals surface area contributed by atoms with Gasteiger partial charge in [0.05, 0.1) is 12.3 Å². The molecule has 0 saturated heterocycles. The third-order valence-electron chi connectivity index (χ3n) is 3.77. The quantitative estimate of drug-likeness (QED) is 0.630. The fraction of sp³-hybridized carbons (Fsp3) is 0.625. The first-order valence-electron chi connectivity index (χ1n) is 7.28. The van der Waals surface area contributed by atoms with Crippen LogP contribution in [0.4, 0.5) is 0 Å². The van der Waals surface area contributed by atoms with Crippen LogP contribution in [0.2, 0.25) is 0 Å². The van der Waals surface area contributed by atoms with Crippen molar-refractivity contribution in [2.75, 3.05) is 26.4 Å². The number of hydrogen-bond donors (Lipinski definition) is 0. The molecule has 102 valence electrons. The molecule has 0 heterocycles. The Morgan fingerprint density at radius 1 is 0.889 bits per heavy atom. The van der Waals surface area contributed by atoms with Crippen molar-refractivity contribution in [2.45, 2.75) is 39.5 Å². The molecule has 0 spiro atoms. The monoisotopic (exact) mass is 266 g/mol. The van der Waals surface area contributed by atoms with Crippen LogP contribution in [0.1, 0.15) is 39.5 Å². The minimum absolute atomic E-state index is 1.12. The highest BCUT2D eigenvalue weighted by Gasteiger charge is 2.41. The zero-order valence-corrected chi connectivity index (χ0v) is 13.4. The predicted molar refractivity (Wildman–Crippen MR) is 86.2 cm³/mol. The fourth-order valence-electron chi connectivity index (χ4n) is 2.55. The average molecular weight is 266 g/mol. The van der Waals surface area contributed by atoms with Gasteiger partial charge in [0.2, 0.25) is 0 Å². The van der Waals surface area contributed by atoms with Gasteiger partial charge >= 0.3 is 0 Å². The van der Waals surface area contributed by atoms with E-state index in [0.717, 1.165) is 0 Å². The van der Waals surface area contributed by atoms with Crippen molar-refractivity contribution in [3.63, 3.8) is 0 Å². The third kappa shape index (κ3) is 3.80. The topological polar surface area (TPSA) is 3.24 Å². The fourth-order valence-corrected chi connectivity index (χ4v) is 6.95. The lowest BCUT2D eigenvalue weighted by atomic mass is 10.4. The van der Waals surface area contributed by atoms with E-state index in [0.29, 0.717) is 0 Å². The summed E-state index contributed by atoms with van der Waals surface area (Å²) >= 11 is 0. The van der Waals surface area contributed by atoms with E-state index in [1.54, 1.807) is 5.30 Å². The van der Waals surface area contributed by atoms with Gasteiger partial charge in [0.1, 0.15) is 12.7 Å². The Morgan fingerprint density at radius 3 is 1.78 bits per heavy atom. The first-order valence-corrected chi connectivity index (χ1v) is 9.39. The highest BCUT2D eigenvalue weighted by molar-refractivity contribution is 7.80. The first kappa shape index (κ1) is 15.7. The minimum atomic E-state index is -1.12. The molecule has 1 aromatic carbocycles. The van der Waals surface area contributed by atoms with Crippen LogP contribution in [0, 0.1) is 0 Å². The Balaban J connectivity index is 3.03. The maximum atomic E-state index is 2.55. The van der Waals surface area contributed by atoms with Crippen molar-refractivity contribution in [1.82, 2.24) is 4.67 Å². The number of rotatable bonds is 8. The summed E-state index contributed by atoms with van der Waals surface area (Å²) < 4.78 is 2.55. The van der Waals surface area contributed by atoms with Gasteiger partial charge < -0.3 is 0 Å². The van der Waals surface area contributed by atoms with Crippen molar-refractivity contribution in [2.24, 2.45) is 0 Å². The Morgan fingerprint density at radius 2 is 1.39 bits per heavy atom. The molecule has 0 fully saturated rings. The minimum Gasteiger partial charge on any atom is -0.181 e. The molecule has 0 amide bonds. The zero-order chi connectivity index (χ0) is 13.4. The number of nitrogens with zero attached hydrogens (tertiary/aromatic N) is 1. The highest BCUT2D eigenvalue weighted by Crippen LogP contribution is 2.60. The highest BCUT2D eigenvalue weighted by atomic mass is 31.2. The summed E-state index contributed by atoms with van der Waals surface area (Å²) in [5, 5.41) is 1.59. The molecular formula is C16H29NP+. The van der Waals surface area contributed by atoms with Gasteiger partial charge in [0.25, 0.3) is 0 Å². The lowest BCUT2D eigenvalue weighted by Crippen LogP contribution is -2.29. The Labute approximate surface area is 114 Å². The normalized spacial score (nSPS) is 12.1. The van der Waals surface area contributed by atoms with E-state index in [-0.39, 0.29) is 0 Å². The van der Waals surface area contributed by atoms with E-state index in [4.69, 9.17) is 0 Å². The van der Waals surface area contributed by atoms with Crippen LogP contribution in [0.5, 0.6) is 0 Å². The van der Waals surface area contributed by atoms with Crippen molar-refractivity contribution >= 4 is 12.7 Å². The molecule has 0 atom stereocenters. The number of hydrogen-bond acceptors (Lipinski definition) is 1. The molecule has 0 N–H and O–H groups in total. The SMILES string of the molecule is CCCC[P+](CCCC)(c1ccccc1)N(C)C. The van der Waals surface area contributed by atoms with Gasteiger partial charge in [-0.2, -0.15) is 4.67 Å². The van der Waals surface area contributed by atoms with Crippen LogP contribution < -0.4 is 5.30 Å². The maximum Gasteiger partial charge on any atom is 0.115 e. The summed E-state index contributed by atoms with van der Waals surface area (Å²) in [7, 11) is 3.45. The maximum absolute atomic E-state index is 2.55. The van der Waals surface area contributed by atoms with E-state index in [9.17, 15) is 0 Å². The molecule has 0 saturated carbocycles. The van der Waals surface area contributed by atoms with Crippen LogP contribution in [0.15, 0.2) is 30.3 Å². The van der Waals surface area contributed by atoms with Crippen LogP contribution in [-0.2, 0) is 0 Å². The zero-order valence-electron chi connectivity index (χ0n) is 12.5. The molecule has 1 rings (SSSR count). The summed E-state index contributed by atoms with van der Waals surface area (Å²) in [6.45, 7) is 4.60. The molecule has 1 nitrogen and oxygen atoms in total. The Kier molecular flexibility index (Phi) is 6.89. The smallest absolute Gasteiger partial charge is 0.115 e. The lowest BCUT2D eigenvalue weighted by molar-refractivity contribution is 0.652. The van der Waals surface area contributed by atoms with E-state index >= 15 is 0 Å². The van der Waals surface area contributed by atoms with Crippen molar-refractivity contribution in [1.29, 1.82) is 0 Å². The second-order valence-electron chi connectivity index (χ2n) is 5.26. The van der Waals surface area contributed by atoms with Crippen LogP contribution in [0.25, 0.3) is 0 Å². The van der Waals surface area contributed by atoms with E-state index in [2.05, 4.69) is 62.9 Å². The van der Waals surface area contributed by atoms with Gasteiger partial charge in [-0.25, -0.2) is 0 Å². The average Bonchev–Trinajstić information content (AvgIpc) is 2.40. The molecular weight excluding hydrogens is 237 g/mol. The van der Waals surface area contributed by atoms with Gasteiger partial charge in [-0.1, -0.05) is 44.9 Å². The predicted octanol–water partition coefficient (Wildman–Crippen LogP) is 4.41. The summed E-state index contributed by atoms with van der Waals surface area (Å²) in [5.74, 6) is 0. The second-order valence-corrected chi connectivity index (χ2v) is 9.32. The molecule has 1 aromatic rings. The lowest BCUT2D eigenvalue weighted by Gasteiger charge is -2.32. The first-order chi connectivity index (χ1) is 8.67. The molecule has 0 aliphatic rings. The van der Waals surface area contributed by atoms with Crippen molar-refractivity contribution < 1.29 is 0 Å². The summed E-state index contributed by atoms with van der Waals surface area (Å²) in [6.07, 6.45) is 8.05. The number of benzene rings is 1. The Bertz CT molecular complexity index is 313. The van der Waals surface area contributed by atoms with Gasteiger partial charge in [0, 0.05) is 14.1 Å². The van der Waals surface area contributed by atoms with E-state index in [1.165, 1.54) is 38.0 Å². The molecule has 2 heteroatoms. The molecule has 0 aromatic heterocycles. The van der Waals surface area contributed by atoms with Crippen molar-refractivity contribution in [3.05, 3.63) is 30.3 Å². The van der Waals surface area contributed by atoms with Crippen LogP contribution in [-0.4, -0.2) is 31.1 Å². The van der Waals surface area contributed by atoms with Gasteiger partial charge in [-0.3, -0.25) is 0 Å². The van der Waals surface area contributed by atoms with Crippen molar-refractivity contribution in [3.8, 4) is 0 Å². The number of unbranched alkanes of at least 4 members (excludes halogenated alkanes) is 2. The Hall–Kier alpha value is -0.390. The summed E-state index contributed by atoms with van der Waals surface area (Å²) in [6, 6.07) is 11.2. The summed E-state index contributed by atoms with van der Waals surface area (Å²) in [5.41, 5.74) is 0. The molecule has 18 heavy (non-hydrogen) atoms. The molecule has 0 unspecified atom stereocenters. The van der Waals surface area contributed by atoms with Crippen LogP contribution in [0.3, 0.4) is 0 Å². The van der Waals surface area contributed by atoms with E-state index < -0.39 is 7.41 Å². The van der Waals surface area contributed by atoms with Crippen LogP contribution >= 0.6 is 7.41 Å². The van der Waals surface area contributed by atoms with E-state index in [1.807, 2.05) is 0 Å². The molecule has 0 bridgehead atoms. The largest absolute Gasteiger partial charge is 0.181 e. The third-order valence-corrected chi connectivity index (χ3v) is 8.67. The standard InChI is InChI=1S/C16H29NP/c1-5-7-14-18(17(3)4,15-8-6-2)16-12-10-9-11-13-16/h9-13H,5-8,14-15H2,1-4H3/q+1. The second kappa shape index (κ2) is 7.92.